The van der Waals surface area contributed by atoms with Gasteiger partial charge in [-0.05, 0) is 31.8 Å². The van der Waals surface area contributed by atoms with Crippen molar-refractivity contribution in [3.63, 3.8) is 0 Å². The normalized spacial score (nSPS) is 19.5. The molecule has 92 valence electrons. The summed E-state index contributed by atoms with van der Waals surface area (Å²) in [7, 11) is -3.33. The van der Waals surface area contributed by atoms with E-state index in [1.165, 1.54) is 4.31 Å². The summed E-state index contributed by atoms with van der Waals surface area (Å²) in [5, 5.41) is 11.7. The Morgan fingerprint density at radius 2 is 2.06 bits per heavy atom. The molecule has 0 radical (unpaired) electrons. The highest BCUT2D eigenvalue weighted by Gasteiger charge is 2.27. The van der Waals surface area contributed by atoms with Crippen molar-refractivity contribution in [3.05, 3.63) is 0 Å². The van der Waals surface area contributed by atoms with Crippen molar-refractivity contribution in [2.45, 2.75) is 19.8 Å². The van der Waals surface area contributed by atoms with Crippen LogP contribution in [-0.2, 0) is 10.0 Å². The lowest BCUT2D eigenvalue weighted by molar-refractivity contribution is 0.269. The van der Waals surface area contributed by atoms with Crippen LogP contribution in [-0.4, -0.2) is 44.7 Å². The first-order chi connectivity index (χ1) is 7.60. The van der Waals surface area contributed by atoms with Gasteiger partial charge in [-0.25, -0.2) is 12.7 Å². The topological polar surface area (TPSA) is 73.2 Å². The molecule has 16 heavy (non-hydrogen) atoms. The first kappa shape index (κ1) is 13.4. The number of sulfonamides is 1. The Kier molecular flexibility index (Phi) is 5.19. The molecular formula is C10H19N3O2S. The van der Waals surface area contributed by atoms with Gasteiger partial charge < -0.3 is 5.32 Å². The molecular weight excluding hydrogens is 226 g/mol. The van der Waals surface area contributed by atoms with E-state index in [9.17, 15) is 8.42 Å². The zero-order chi connectivity index (χ0) is 12.0. The number of piperidine rings is 1. The molecule has 1 aliphatic rings. The zero-order valence-corrected chi connectivity index (χ0v) is 10.5. The minimum absolute atomic E-state index is 0.398. The maximum absolute atomic E-state index is 11.6. The molecule has 0 aliphatic carbocycles. The van der Waals surface area contributed by atoms with Gasteiger partial charge in [0.05, 0.1) is 6.07 Å². The number of nitrogens with zero attached hydrogens (tertiary/aromatic N) is 2. The van der Waals surface area contributed by atoms with Gasteiger partial charge in [0.2, 0.25) is 10.0 Å². The third-order valence-electron chi connectivity index (χ3n) is 2.90. The van der Waals surface area contributed by atoms with Gasteiger partial charge in [0.25, 0.3) is 0 Å². The average molecular weight is 245 g/mol. The predicted molar refractivity (Wildman–Crippen MR) is 62.2 cm³/mol. The van der Waals surface area contributed by atoms with Crippen molar-refractivity contribution in [2.24, 2.45) is 5.92 Å². The highest BCUT2D eigenvalue weighted by molar-refractivity contribution is 7.89. The van der Waals surface area contributed by atoms with E-state index in [0.717, 1.165) is 25.9 Å². The second-order valence-electron chi connectivity index (χ2n) is 4.06. The second-order valence-corrected chi connectivity index (χ2v) is 6.03. The molecule has 1 fully saturated rings. The highest BCUT2D eigenvalue weighted by atomic mass is 32.2. The van der Waals surface area contributed by atoms with Gasteiger partial charge in [0, 0.05) is 13.1 Å². The molecule has 1 N–H and O–H groups in total. The smallest absolute Gasteiger partial charge is 0.227 e. The predicted octanol–water partition coefficient (Wildman–Crippen LogP) is 0.161. The second kappa shape index (κ2) is 6.18. The van der Waals surface area contributed by atoms with Crippen LogP contribution in [0, 0.1) is 17.2 Å². The van der Waals surface area contributed by atoms with Crippen LogP contribution in [0.1, 0.15) is 19.8 Å². The van der Waals surface area contributed by atoms with Crippen molar-refractivity contribution in [2.75, 3.05) is 31.9 Å². The van der Waals surface area contributed by atoms with Crippen molar-refractivity contribution >= 4 is 10.0 Å². The molecule has 0 aromatic rings. The highest BCUT2D eigenvalue weighted by Crippen LogP contribution is 2.18. The molecule has 1 heterocycles. The largest absolute Gasteiger partial charge is 0.317 e. The molecule has 0 aromatic heterocycles. The van der Waals surface area contributed by atoms with Crippen LogP contribution in [0.4, 0.5) is 0 Å². The Bertz CT molecular complexity index is 340. The summed E-state index contributed by atoms with van der Waals surface area (Å²) in [5.41, 5.74) is 0. The molecule has 0 unspecified atom stereocenters. The fourth-order valence-corrected chi connectivity index (χ4v) is 3.03. The Hall–Kier alpha value is -0.640. The summed E-state index contributed by atoms with van der Waals surface area (Å²) in [5.74, 6) is 0.165. The van der Waals surface area contributed by atoms with Crippen LogP contribution in [0.2, 0.25) is 0 Å². The van der Waals surface area contributed by atoms with E-state index in [0.29, 0.717) is 19.0 Å². The summed E-state index contributed by atoms with van der Waals surface area (Å²) < 4.78 is 24.6. The molecule has 0 aromatic carbocycles. The summed E-state index contributed by atoms with van der Waals surface area (Å²) in [4.78, 5) is 0. The first-order valence-corrected chi connectivity index (χ1v) is 7.26. The lowest BCUT2D eigenvalue weighted by Gasteiger charge is -2.30. The van der Waals surface area contributed by atoms with E-state index >= 15 is 0 Å². The number of hydrogen-bond acceptors (Lipinski definition) is 4. The lowest BCUT2D eigenvalue weighted by atomic mass is 9.98. The maximum atomic E-state index is 11.6. The summed E-state index contributed by atoms with van der Waals surface area (Å²) in [6.45, 7) is 5.09. The van der Waals surface area contributed by atoms with Gasteiger partial charge in [0.15, 0.2) is 5.75 Å². The van der Waals surface area contributed by atoms with Gasteiger partial charge in [0.1, 0.15) is 0 Å². The van der Waals surface area contributed by atoms with Crippen LogP contribution >= 0.6 is 0 Å². The maximum Gasteiger partial charge on any atom is 0.227 e. The van der Waals surface area contributed by atoms with E-state index in [4.69, 9.17) is 5.26 Å². The van der Waals surface area contributed by atoms with Crippen LogP contribution in [0.25, 0.3) is 0 Å². The van der Waals surface area contributed by atoms with Crippen LogP contribution in [0.5, 0.6) is 0 Å². The van der Waals surface area contributed by atoms with Crippen LogP contribution < -0.4 is 5.32 Å². The van der Waals surface area contributed by atoms with Gasteiger partial charge in [-0.15, -0.1) is 0 Å². The first-order valence-electron chi connectivity index (χ1n) is 5.65. The van der Waals surface area contributed by atoms with Gasteiger partial charge in [-0.2, -0.15) is 5.26 Å². The van der Waals surface area contributed by atoms with E-state index in [1.807, 2.05) is 0 Å². The van der Waals surface area contributed by atoms with Crippen LogP contribution in [0.3, 0.4) is 0 Å². The third-order valence-corrected chi connectivity index (χ3v) is 4.54. The fraction of sp³-hybridized carbons (Fsp3) is 0.900. The molecule has 5 nitrogen and oxygen atoms in total. The fourth-order valence-electron chi connectivity index (χ4n) is 1.91. The molecule has 0 bridgehead atoms. The molecule has 1 saturated heterocycles. The summed E-state index contributed by atoms with van der Waals surface area (Å²) in [6.07, 6.45) is 1.77. The Labute approximate surface area is 97.5 Å². The molecule has 1 aliphatic heterocycles. The van der Waals surface area contributed by atoms with Crippen molar-refractivity contribution < 1.29 is 8.42 Å². The van der Waals surface area contributed by atoms with Crippen molar-refractivity contribution in [1.29, 1.82) is 5.26 Å². The molecule has 0 spiro atoms. The monoisotopic (exact) mass is 245 g/mol. The van der Waals surface area contributed by atoms with E-state index in [-0.39, 0.29) is 0 Å². The van der Waals surface area contributed by atoms with Crippen molar-refractivity contribution in [1.82, 2.24) is 9.62 Å². The summed E-state index contributed by atoms with van der Waals surface area (Å²) >= 11 is 0. The number of nitriles is 1. The SMILES string of the molecule is CCNCC1CCN(S(=O)(=O)CC#N)CC1. The number of hydrogen-bond donors (Lipinski definition) is 1. The van der Waals surface area contributed by atoms with Gasteiger partial charge in [-0.1, -0.05) is 6.92 Å². The molecule has 0 atom stereocenters. The minimum atomic E-state index is -3.33. The Morgan fingerprint density at radius 3 is 2.56 bits per heavy atom. The third kappa shape index (κ3) is 3.74. The van der Waals surface area contributed by atoms with Crippen molar-refractivity contribution in [3.8, 4) is 6.07 Å². The zero-order valence-electron chi connectivity index (χ0n) is 9.65. The van der Waals surface area contributed by atoms with Crippen LogP contribution in [0.15, 0.2) is 0 Å². The number of rotatable bonds is 5. The Balaban J connectivity index is 2.40. The minimum Gasteiger partial charge on any atom is -0.317 e. The van der Waals surface area contributed by atoms with E-state index in [1.54, 1.807) is 6.07 Å². The lowest BCUT2D eigenvalue weighted by Crippen LogP contribution is -2.41. The molecule has 0 amide bonds. The van der Waals surface area contributed by atoms with Gasteiger partial charge >= 0.3 is 0 Å². The van der Waals surface area contributed by atoms with E-state index in [2.05, 4.69) is 12.2 Å². The molecule has 1 rings (SSSR count). The van der Waals surface area contributed by atoms with E-state index < -0.39 is 15.8 Å². The summed E-state index contributed by atoms with van der Waals surface area (Å²) in [6, 6.07) is 1.71. The average Bonchev–Trinajstić information content (AvgIpc) is 2.27. The standard InChI is InChI=1S/C10H19N3O2S/c1-2-12-9-10-3-6-13(7-4-10)16(14,15)8-5-11/h10,12H,2-4,6-9H2,1H3. The molecule has 6 heteroatoms. The van der Waals surface area contributed by atoms with Gasteiger partial charge in [-0.3, -0.25) is 0 Å². The number of nitrogens with one attached hydrogen (secondary N) is 1. The Morgan fingerprint density at radius 1 is 1.44 bits per heavy atom. The molecule has 0 saturated carbocycles. The quantitative estimate of drug-likeness (QED) is 0.749.